The summed E-state index contributed by atoms with van der Waals surface area (Å²) in [5.41, 5.74) is 0.369. The smallest absolute Gasteiger partial charge is 0.320 e. The van der Waals surface area contributed by atoms with Gasteiger partial charge in [0.2, 0.25) is 0 Å². The number of hydrogen-bond acceptors (Lipinski definition) is 2. The Morgan fingerprint density at radius 1 is 1.11 bits per heavy atom. The van der Waals surface area contributed by atoms with Gasteiger partial charge in [-0.2, -0.15) is 0 Å². The van der Waals surface area contributed by atoms with Crippen molar-refractivity contribution in [3.05, 3.63) is 0 Å². The number of hydrogen-bond donors (Lipinski definition) is 2. The minimum atomic E-state index is -0.736. The molecule has 0 aliphatic heterocycles. The highest BCUT2D eigenvalue weighted by Crippen LogP contribution is 2.26. The molecule has 0 aliphatic carbocycles. The van der Waals surface area contributed by atoms with Crippen LogP contribution in [0.2, 0.25) is 0 Å². The van der Waals surface area contributed by atoms with E-state index in [4.69, 9.17) is 0 Å². The second-order valence-corrected chi connectivity index (χ2v) is 7.94. The van der Waals surface area contributed by atoms with Crippen molar-refractivity contribution < 1.29 is 9.90 Å². The van der Waals surface area contributed by atoms with Crippen LogP contribution in [0.25, 0.3) is 0 Å². The van der Waals surface area contributed by atoms with Gasteiger partial charge in [0.25, 0.3) is 0 Å². The Bertz CT molecular complexity index is 261. The molecule has 108 valence electrons. The summed E-state index contributed by atoms with van der Waals surface area (Å²) in [6.45, 7) is 15.8. The Labute approximate surface area is 112 Å². The number of carboxylic acids is 1. The standard InChI is InChI=1S/C15H31NO2/c1-11(9-14(2,3)4)8-12(13(17)18)16-10-15(5,6)7/h11-12,16H,8-10H2,1-7H3,(H,17,18). The van der Waals surface area contributed by atoms with Gasteiger partial charge in [-0.05, 0) is 29.6 Å². The van der Waals surface area contributed by atoms with Crippen molar-refractivity contribution in [2.75, 3.05) is 6.54 Å². The molecule has 0 spiro atoms. The Hall–Kier alpha value is -0.570. The van der Waals surface area contributed by atoms with Crippen molar-refractivity contribution in [3.63, 3.8) is 0 Å². The highest BCUT2D eigenvalue weighted by atomic mass is 16.4. The van der Waals surface area contributed by atoms with Gasteiger partial charge < -0.3 is 10.4 Å². The maximum Gasteiger partial charge on any atom is 0.320 e. The molecule has 3 nitrogen and oxygen atoms in total. The van der Waals surface area contributed by atoms with Gasteiger partial charge in [0.15, 0.2) is 0 Å². The molecular weight excluding hydrogens is 226 g/mol. The first-order chi connectivity index (χ1) is 7.91. The van der Waals surface area contributed by atoms with Crippen LogP contribution in [0.4, 0.5) is 0 Å². The van der Waals surface area contributed by atoms with Crippen molar-refractivity contribution in [2.45, 2.75) is 67.3 Å². The molecule has 0 amide bonds. The molecule has 18 heavy (non-hydrogen) atoms. The van der Waals surface area contributed by atoms with Crippen molar-refractivity contribution >= 4 is 5.97 Å². The maximum absolute atomic E-state index is 11.3. The second kappa shape index (κ2) is 6.55. The molecule has 2 atom stereocenters. The summed E-state index contributed by atoms with van der Waals surface area (Å²) >= 11 is 0. The molecule has 0 aromatic carbocycles. The summed E-state index contributed by atoms with van der Waals surface area (Å²) < 4.78 is 0. The van der Waals surface area contributed by atoms with Crippen LogP contribution in [0.3, 0.4) is 0 Å². The molecule has 0 fully saturated rings. The minimum absolute atomic E-state index is 0.112. The number of carboxylic acid groups (broad SMARTS) is 1. The molecule has 0 heterocycles. The van der Waals surface area contributed by atoms with Gasteiger partial charge in [-0.3, -0.25) is 4.79 Å². The van der Waals surface area contributed by atoms with Crippen molar-refractivity contribution in [3.8, 4) is 0 Å². The number of rotatable bonds is 6. The van der Waals surface area contributed by atoms with Crippen LogP contribution in [-0.4, -0.2) is 23.7 Å². The quantitative estimate of drug-likeness (QED) is 0.765. The van der Waals surface area contributed by atoms with Gasteiger partial charge in [0.05, 0.1) is 0 Å². The zero-order chi connectivity index (χ0) is 14.6. The van der Waals surface area contributed by atoms with E-state index in [1.54, 1.807) is 0 Å². The zero-order valence-corrected chi connectivity index (χ0v) is 13.1. The first-order valence-electron chi connectivity index (χ1n) is 6.87. The average molecular weight is 257 g/mol. The zero-order valence-electron chi connectivity index (χ0n) is 13.1. The second-order valence-electron chi connectivity index (χ2n) is 7.94. The van der Waals surface area contributed by atoms with E-state index >= 15 is 0 Å². The van der Waals surface area contributed by atoms with Gasteiger partial charge in [0, 0.05) is 6.54 Å². The lowest BCUT2D eigenvalue weighted by Gasteiger charge is -2.27. The molecule has 0 saturated carbocycles. The van der Waals surface area contributed by atoms with E-state index in [-0.39, 0.29) is 10.8 Å². The van der Waals surface area contributed by atoms with Crippen LogP contribution in [0.1, 0.15) is 61.3 Å². The lowest BCUT2D eigenvalue weighted by Crippen LogP contribution is -2.42. The van der Waals surface area contributed by atoms with Crippen molar-refractivity contribution in [2.24, 2.45) is 16.7 Å². The first kappa shape index (κ1) is 17.4. The molecule has 0 saturated heterocycles. The third-order valence-corrected chi connectivity index (χ3v) is 2.78. The van der Waals surface area contributed by atoms with Crippen molar-refractivity contribution in [1.29, 1.82) is 0 Å². The van der Waals surface area contributed by atoms with Crippen LogP contribution in [0.5, 0.6) is 0 Å². The summed E-state index contributed by atoms with van der Waals surface area (Å²) in [5, 5.41) is 12.4. The van der Waals surface area contributed by atoms with E-state index in [0.29, 0.717) is 12.3 Å². The van der Waals surface area contributed by atoms with E-state index in [0.717, 1.165) is 13.0 Å². The van der Waals surface area contributed by atoms with E-state index in [2.05, 4.69) is 53.8 Å². The fraction of sp³-hybridized carbons (Fsp3) is 0.933. The van der Waals surface area contributed by atoms with Crippen molar-refractivity contribution in [1.82, 2.24) is 5.32 Å². The van der Waals surface area contributed by atoms with E-state index in [1.807, 2.05) is 0 Å². The molecule has 0 aliphatic rings. The monoisotopic (exact) mass is 257 g/mol. The summed E-state index contributed by atoms with van der Waals surface area (Å²) in [4.78, 5) is 11.3. The Kier molecular flexibility index (Phi) is 6.35. The highest BCUT2D eigenvalue weighted by Gasteiger charge is 2.24. The number of aliphatic carboxylic acids is 1. The molecule has 0 rings (SSSR count). The summed E-state index contributed by atoms with van der Waals surface area (Å²) in [6.07, 6.45) is 1.75. The lowest BCUT2D eigenvalue weighted by atomic mass is 9.83. The summed E-state index contributed by atoms with van der Waals surface area (Å²) in [7, 11) is 0. The predicted octanol–water partition coefficient (Wildman–Crippen LogP) is 3.54. The molecule has 0 radical (unpaired) electrons. The lowest BCUT2D eigenvalue weighted by molar-refractivity contribution is -0.140. The Morgan fingerprint density at radius 2 is 1.61 bits per heavy atom. The highest BCUT2D eigenvalue weighted by molar-refractivity contribution is 5.73. The maximum atomic E-state index is 11.3. The minimum Gasteiger partial charge on any atom is -0.480 e. The number of nitrogens with one attached hydrogen (secondary N) is 1. The third kappa shape index (κ3) is 9.46. The molecule has 3 heteroatoms. The van der Waals surface area contributed by atoms with E-state index in [1.165, 1.54) is 0 Å². The third-order valence-electron chi connectivity index (χ3n) is 2.78. The average Bonchev–Trinajstić information content (AvgIpc) is 2.06. The van der Waals surface area contributed by atoms with Crippen LogP contribution < -0.4 is 5.32 Å². The largest absolute Gasteiger partial charge is 0.480 e. The Balaban J connectivity index is 4.32. The molecule has 0 bridgehead atoms. The van der Waals surface area contributed by atoms with Gasteiger partial charge in [-0.25, -0.2) is 0 Å². The molecular formula is C15H31NO2. The molecule has 2 N–H and O–H groups in total. The molecule has 2 unspecified atom stereocenters. The van der Waals surface area contributed by atoms with Gasteiger partial charge in [-0.1, -0.05) is 48.5 Å². The predicted molar refractivity (Wildman–Crippen MR) is 76.7 cm³/mol. The van der Waals surface area contributed by atoms with Gasteiger partial charge in [-0.15, -0.1) is 0 Å². The fourth-order valence-corrected chi connectivity index (χ4v) is 2.23. The SMILES string of the molecule is CC(CC(NCC(C)(C)C)C(=O)O)CC(C)(C)C. The number of carbonyl (C=O) groups is 1. The van der Waals surface area contributed by atoms with Crippen LogP contribution >= 0.6 is 0 Å². The van der Waals surface area contributed by atoms with E-state index < -0.39 is 12.0 Å². The van der Waals surface area contributed by atoms with Crippen LogP contribution in [0.15, 0.2) is 0 Å². The molecule has 0 aromatic rings. The van der Waals surface area contributed by atoms with Gasteiger partial charge in [0.1, 0.15) is 6.04 Å². The normalized spacial score (nSPS) is 16.4. The van der Waals surface area contributed by atoms with Crippen LogP contribution in [0, 0.1) is 16.7 Å². The molecule has 0 aromatic heterocycles. The topological polar surface area (TPSA) is 49.3 Å². The summed E-state index contributed by atoms with van der Waals surface area (Å²) in [5.74, 6) is -0.321. The summed E-state index contributed by atoms with van der Waals surface area (Å²) in [6, 6.07) is -0.429. The first-order valence-corrected chi connectivity index (χ1v) is 6.87. The van der Waals surface area contributed by atoms with Crippen LogP contribution in [-0.2, 0) is 4.79 Å². The van der Waals surface area contributed by atoms with Gasteiger partial charge >= 0.3 is 5.97 Å². The van der Waals surface area contributed by atoms with E-state index in [9.17, 15) is 9.90 Å². The fourth-order valence-electron chi connectivity index (χ4n) is 2.23. The Morgan fingerprint density at radius 3 is 1.94 bits per heavy atom.